The standard InChI is InChI=1S/C12H19ClF3N/c1-7-3-8(4-10(13)17-7)11(2)5-9(6-11)12(14,15)16/h7-10,17H,3-6H2,1-2H3. The van der Waals surface area contributed by atoms with Crippen LogP contribution in [0.15, 0.2) is 0 Å². The van der Waals surface area contributed by atoms with Gasteiger partial charge in [-0.05, 0) is 43.9 Å². The number of alkyl halides is 4. The summed E-state index contributed by atoms with van der Waals surface area (Å²) in [4.78, 5) is 0. The van der Waals surface area contributed by atoms with Gasteiger partial charge in [0.15, 0.2) is 0 Å². The summed E-state index contributed by atoms with van der Waals surface area (Å²) in [6.07, 6.45) is -1.75. The monoisotopic (exact) mass is 269 g/mol. The molecule has 1 heterocycles. The van der Waals surface area contributed by atoms with Gasteiger partial charge in [0.2, 0.25) is 0 Å². The van der Waals surface area contributed by atoms with Crippen molar-refractivity contribution < 1.29 is 13.2 Å². The van der Waals surface area contributed by atoms with E-state index in [9.17, 15) is 13.2 Å². The molecular weight excluding hydrogens is 251 g/mol. The van der Waals surface area contributed by atoms with Gasteiger partial charge in [0.05, 0.1) is 11.4 Å². The first-order chi connectivity index (χ1) is 7.71. The Balaban J connectivity index is 1.95. The molecule has 2 aliphatic rings. The molecular formula is C12H19ClF3N. The third-order valence-corrected chi connectivity index (χ3v) is 4.77. The molecule has 0 bridgehead atoms. The zero-order chi connectivity index (χ0) is 12.8. The van der Waals surface area contributed by atoms with Crippen molar-refractivity contribution in [3.8, 4) is 0 Å². The highest BCUT2D eigenvalue weighted by molar-refractivity contribution is 6.20. The highest BCUT2D eigenvalue weighted by atomic mass is 35.5. The van der Waals surface area contributed by atoms with Gasteiger partial charge in [-0.3, -0.25) is 5.32 Å². The molecule has 0 aromatic heterocycles. The van der Waals surface area contributed by atoms with Gasteiger partial charge in [0.1, 0.15) is 0 Å². The molecule has 5 heteroatoms. The van der Waals surface area contributed by atoms with Crippen molar-refractivity contribution in [3.63, 3.8) is 0 Å². The zero-order valence-electron chi connectivity index (χ0n) is 10.1. The molecule has 0 amide bonds. The number of nitrogens with one attached hydrogen (secondary N) is 1. The molecule has 17 heavy (non-hydrogen) atoms. The second-order valence-corrected chi connectivity index (χ2v) is 6.53. The highest BCUT2D eigenvalue weighted by Crippen LogP contribution is 2.58. The van der Waals surface area contributed by atoms with Gasteiger partial charge in [-0.15, -0.1) is 11.6 Å². The van der Waals surface area contributed by atoms with E-state index >= 15 is 0 Å². The van der Waals surface area contributed by atoms with E-state index < -0.39 is 12.1 Å². The largest absolute Gasteiger partial charge is 0.391 e. The number of piperidine rings is 1. The molecule has 100 valence electrons. The van der Waals surface area contributed by atoms with Gasteiger partial charge in [-0.2, -0.15) is 13.2 Å². The van der Waals surface area contributed by atoms with Gasteiger partial charge in [0, 0.05) is 6.04 Å². The third kappa shape index (κ3) is 2.73. The van der Waals surface area contributed by atoms with E-state index in [1.165, 1.54) is 0 Å². The summed E-state index contributed by atoms with van der Waals surface area (Å²) in [5, 5.41) is 3.21. The Bertz CT molecular complexity index is 276. The van der Waals surface area contributed by atoms with Crippen LogP contribution in [0.2, 0.25) is 0 Å². The molecule has 1 saturated heterocycles. The minimum absolute atomic E-state index is 0.0921. The Morgan fingerprint density at radius 3 is 2.29 bits per heavy atom. The van der Waals surface area contributed by atoms with Gasteiger partial charge < -0.3 is 0 Å². The fraction of sp³-hybridized carbons (Fsp3) is 1.00. The quantitative estimate of drug-likeness (QED) is 0.562. The first-order valence-electron chi connectivity index (χ1n) is 6.17. The van der Waals surface area contributed by atoms with Crippen LogP contribution >= 0.6 is 11.6 Å². The van der Waals surface area contributed by atoms with E-state index in [2.05, 4.69) is 5.32 Å². The lowest BCUT2D eigenvalue weighted by atomic mass is 9.54. The van der Waals surface area contributed by atoms with Crippen LogP contribution in [0.5, 0.6) is 0 Å². The molecule has 0 aromatic rings. The van der Waals surface area contributed by atoms with Crippen LogP contribution in [0.4, 0.5) is 13.2 Å². The van der Waals surface area contributed by atoms with Crippen molar-refractivity contribution >= 4 is 11.6 Å². The van der Waals surface area contributed by atoms with Gasteiger partial charge >= 0.3 is 6.18 Å². The van der Waals surface area contributed by atoms with Crippen molar-refractivity contribution in [2.45, 2.75) is 57.2 Å². The average Bonchev–Trinajstić information content (AvgIpc) is 2.09. The van der Waals surface area contributed by atoms with Crippen LogP contribution in [0.25, 0.3) is 0 Å². The molecule has 1 aliphatic heterocycles. The highest BCUT2D eigenvalue weighted by Gasteiger charge is 2.56. The summed E-state index contributed by atoms with van der Waals surface area (Å²) in [6, 6.07) is 0.304. The van der Waals surface area contributed by atoms with Gasteiger partial charge in [-0.1, -0.05) is 6.92 Å². The Morgan fingerprint density at radius 1 is 1.24 bits per heavy atom. The van der Waals surface area contributed by atoms with Gasteiger partial charge in [-0.25, -0.2) is 0 Å². The summed E-state index contributed by atoms with van der Waals surface area (Å²) in [5.41, 5.74) is -0.255. The summed E-state index contributed by atoms with van der Waals surface area (Å²) >= 11 is 6.09. The molecule has 0 radical (unpaired) electrons. The predicted molar refractivity (Wildman–Crippen MR) is 61.8 cm³/mol. The zero-order valence-corrected chi connectivity index (χ0v) is 10.9. The number of halogens is 4. The van der Waals surface area contributed by atoms with E-state index in [-0.39, 0.29) is 23.8 Å². The molecule has 1 saturated carbocycles. The fourth-order valence-corrected chi connectivity index (χ4v) is 3.85. The maximum absolute atomic E-state index is 12.5. The summed E-state index contributed by atoms with van der Waals surface area (Å²) in [6.45, 7) is 4.03. The topological polar surface area (TPSA) is 12.0 Å². The Labute approximate surface area is 105 Å². The number of hydrogen-bond acceptors (Lipinski definition) is 1. The Hall–Kier alpha value is 0.0400. The minimum Gasteiger partial charge on any atom is -0.299 e. The predicted octanol–water partition coefficient (Wildman–Crippen LogP) is 3.92. The molecule has 3 unspecified atom stereocenters. The summed E-state index contributed by atoms with van der Waals surface area (Å²) < 4.78 is 37.6. The normalized spacial score (nSPS) is 47.6. The van der Waals surface area contributed by atoms with E-state index in [1.807, 2.05) is 13.8 Å². The van der Waals surface area contributed by atoms with Crippen LogP contribution in [0.1, 0.15) is 39.5 Å². The lowest BCUT2D eigenvalue weighted by Gasteiger charge is -2.53. The van der Waals surface area contributed by atoms with Gasteiger partial charge in [0.25, 0.3) is 0 Å². The number of rotatable bonds is 1. The Kier molecular flexibility index (Phi) is 3.41. The molecule has 1 aliphatic carbocycles. The van der Waals surface area contributed by atoms with Crippen molar-refractivity contribution in [3.05, 3.63) is 0 Å². The third-order valence-electron chi connectivity index (χ3n) is 4.47. The minimum atomic E-state index is -4.02. The van der Waals surface area contributed by atoms with Crippen molar-refractivity contribution in [2.24, 2.45) is 17.3 Å². The fourth-order valence-electron chi connectivity index (χ4n) is 3.42. The van der Waals surface area contributed by atoms with Crippen LogP contribution < -0.4 is 5.32 Å². The first kappa shape index (κ1) is 13.5. The Morgan fingerprint density at radius 2 is 1.82 bits per heavy atom. The van der Waals surface area contributed by atoms with E-state index in [1.54, 1.807) is 0 Å². The SMILES string of the molecule is CC1CC(C2(C)CC(C(F)(F)F)C2)CC(Cl)N1. The smallest absolute Gasteiger partial charge is 0.299 e. The number of hydrogen-bond donors (Lipinski definition) is 1. The van der Waals surface area contributed by atoms with Crippen molar-refractivity contribution in [1.82, 2.24) is 5.32 Å². The molecule has 2 fully saturated rings. The van der Waals surface area contributed by atoms with E-state index in [0.717, 1.165) is 12.8 Å². The lowest BCUT2D eigenvalue weighted by molar-refractivity contribution is -0.228. The lowest BCUT2D eigenvalue weighted by Crippen LogP contribution is -2.52. The first-order valence-corrected chi connectivity index (χ1v) is 6.61. The van der Waals surface area contributed by atoms with Crippen LogP contribution in [-0.2, 0) is 0 Å². The van der Waals surface area contributed by atoms with Crippen LogP contribution in [0, 0.1) is 17.3 Å². The molecule has 0 aromatic carbocycles. The molecule has 1 nitrogen and oxygen atoms in total. The molecule has 3 atom stereocenters. The summed E-state index contributed by atoms with van der Waals surface area (Å²) in [7, 11) is 0. The van der Waals surface area contributed by atoms with E-state index in [4.69, 9.17) is 11.6 Å². The van der Waals surface area contributed by atoms with Crippen molar-refractivity contribution in [2.75, 3.05) is 0 Å². The molecule has 1 N–H and O–H groups in total. The van der Waals surface area contributed by atoms with Crippen LogP contribution in [0.3, 0.4) is 0 Å². The maximum Gasteiger partial charge on any atom is 0.391 e. The molecule has 2 rings (SSSR count). The maximum atomic E-state index is 12.5. The average molecular weight is 270 g/mol. The second-order valence-electron chi connectivity index (χ2n) is 6.00. The molecule has 0 spiro atoms. The van der Waals surface area contributed by atoms with Crippen LogP contribution in [-0.4, -0.2) is 17.7 Å². The van der Waals surface area contributed by atoms with Crippen molar-refractivity contribution in [1.29, 1.82) is 0 Å². The van der Waals surface area contributed by atoms with E-state index in [0.29, 0.717) is 12.0 Å². The summed E-state index contributed by atoms with van der Waals surface area (Å²) in [5.74, 6) is -0.772. The second kappa shape index (κ2) is 4.30.